The van der Waals surface area contributed by atoms with Crippen molar-refractivity contribution in [1.29, 1.82) is 0 Å². The lowest BCUT2D eigenvalue weighted by Gasteiger charge is -2.17. The van der Waals surface area contributed by atoms with Crippen molar-refractivity contribution in [1.82, 2.24) is 10.3 Å². The third-order valence-corrected chi connectivity index (χ3v) is 4.18. The van der Waals surface area contributed by atoms with E-state index in [1.54, 1.807) is 16.8 Å². The predicted molar refractivity (Wildman–Crippen MR) is 78.7 cm³/mol. The molecule has 2 nitrogen and oxygen atoms in total. The van der Waals surface area contributed by atoms with Gasteiger partial charge in [-0.2, -0.15) is 0 Å². The Kier molecular flexibility index (Phi) is 5.16. The zero-order valence-electron chi connectivity index (χ0n) is 10.3. The molecular formula is C13H13Cl2FN2S. The largest absolute Gasteiger partial charge is 0.310 e. The summed E-state index contributed by atoms with van der Waals surface area (Å²) in [4.78, 5) is 4.20. The van der Waals surface area contributed by atoms with E-state index in [0.29, 0.717) is 10.6 Å². The van der Waals surface area contributed by atoms with Crippen LogP contribution in [0.5, 0.6) is 0 Å². The van der Waals surface area contributed by atoms with Crippen LogP contribution in [0.15, 0.2) is 23.0 Å². The van der Waals surface area contributed by atoms with Gasteiger partial charge in [-0.15, -0.1) is 11.3 Å². The molecule has 0 saturated heterocycles. The molecule has 1 atom stereocenters. The number of thiazole rings is 1. The molecule has 2 aromatic rings. The Morgan fingerprint density at radius 1 is 1.42 bits per heavy atom. The molecule has 0 fully saturated rings. The average Bonchev–Trinajstić information content (AvgIpc) is 2.87. The van der Waals surface area contributed by atoms with Gasteiger partial charge in [0.2, 0.25) is 0 Å². The molecule has 6 heteroatoms. The second-order valence-corrected chi connectivity index (χ2v) is 5.67. The van der Waals surface area contributed by atoms with E-state index in [2.05, 4.69) is 10.3 Å². The van der Waals surface area contributed by atoms with Crippen LogP contribution in [0.4, 0.5) is 4.39 Å². The molecule has 0 aliphatic heterocycles. The van der Waals surface area contributed by atoms with Crippen LogP contribution in [-0.2, 0) is 6.42 Å². The van der Waals surface area contributed by atoms with Crippen molar-refractivity contribution in [2.45, 2.75) is 19.4 Å². The van der Waals surface area contributed by atoms with Crippen molar-refractivity contribution in [3.8, 4) is 0 Å². The maximum Gasteiger partial charge on any atom is 0.142 e. The van der Waals surface area contributed by atoms with E-state index >= 15 is 0 Å². The summed E-state index contributed by atoms with van der Waals surface area (Å²) in [6, 6.07) is 2.68. The highest BCUT2D eigenvalue weighted by atomic mass is 35.5. The topological polar surface area (TPSA) is 24.9 Å². The van der Waals surface area contributed by atoms with Gasteiger partial charge in [0.15, 0.2) is 0 Å². The number of hydrogen-bond donors (Lipinski definition) is 1. The summed E-state index contributed by atoms with van der Waals surface area (Å²) in [5.41, 5.74) is 3.45. The van der Waals surface area contributed by atoms with Gasteiger partial charge in [-0.25, -0.2) is 9.37 Å². The summed E-state index contributed by atoms with van der Waals surface area (Å²) in [5.74, 6) is -0.450. The molecule has 0 spiro atoms. The summed E-state index contributed by atoms with van der Waals surface area (Å²) in [6.07, 6.45) is 0.818. The van der Waals surface area contributed by atoms with Gasteiger partial charge >= 0.3 is 0 Å². The van der Waals surface area contributed by atoms with Crippen molar-refractivity contribution < 1.29 is 4.39 Å². The Hall–Kier alpha value is -0.680. The van der Waals surface area contributed by atoms with E-state index in [1.165, 1.54) is 12.1 Å². The highest BCUT2D eigenvalue weighted by Crippen LogP contribution is 2.32. The van der Waals surface area contributed by atoms with Crippen LogP contribution >= 0.6 is 34.5 Å². The Labute approximate surface area is 125 Å². The van der Waals surface area contributed by atoms with Crippen LogP contribution in [0.25, 0.3) is 0 Å². The Morgan fingerprint density at radius 3 is 2.89 bits per heavy atom. The molecule has 0 aliphatic rings. The number of nitrogens with zero attached hydrogens (tertiary/aromatic N) is 1. The second-order valence-electron chi connectivity index (χ2n) is 4.16. The number of aromatic nitrogens is 1. The summed E-state index contributed by atoms with van der Waals surface area (Å²) in [6.45, 7) is 2.64. The third kappa shape index (κ3) is 3.66. The van der Waals surface area contributed by atoms with Gasteiger partial charge in [0.1, 0.15) is 5.82 Å². The quantitative estimate of drug-likeness (QED) is 0.822. The normalized spacial score (nSPS) is 12.6. The smallest absolute Gasteiger partial charge is 0.142 e. The monoisotopic (exact) mass is 318 g/mol. The lowest BCUT2D eigenvalue weighted by atomic mass is 10.1. The van der Waals surface area contributed by atoms with Crippen LogP contribution in [0.3, 0.4) is 0 Å². The molecule has 1 aromatic carbocycles. The molecule has 19 heavy (non-hydrogen) atoms. The minimum atomic E-state index is -0.450. The molecule has 1 N–H and O–H groups in total. The molecule has 2 rings (SSSR count). The molecule has 0 amide bonds. The van der Waals surface area contributed by atoms with Crippen LogP contribution in [0.2, 0.25) is 10.0 Å². The third-order valence-electron chi connectivity index (χ3n) is 2.83. The molecular weight excluding hydrogens is 306 g/mol. The first-order valence-corrected chi connectivity index (χ1v) is 7.53. The molecule has 1 unspecified atom stereocenters. The number of halogens is 3. The molecule has 0 aliphatic carbocycles. The first kappa shape index (κ1) is 14.7. The summed E-state index contributed by atoms with van der Waals surface area (Å²) < 4.78 is 13.4. The van der Waals surface area contributed by atoms with E-state index in [0.717, 1.165) is 18.7 Å². The van der Waals surface area contributed by atoms with E-state index < -0.39 is 5.82 Å². The van der Waals surface area contributed by atoms with Crippen molar-refractivity contribution in [2.24, 2.45) is 0 Å². The molecule has 102 valence electrons. The highest BCUT2D eigenvalue weighted by Gasteiger charge is 2.16. The Morgan fingerprint density at radius 2 is 2.21 bits per heavy atom. The maximum atomic E-state index is 13.4. The van der Waals surface area contributed by atoms with E-state index in [4.69, 9.17) is 23.2 Å². The maximum absolute atomic E-state index is 13.4. The van der Waals surface area contributed by atoms with Gasteiger partial charge in [-0.3, -0.25) is 0 Å². The molecule has 0 bridgehead atoms. The molecule has 0 saturated carbocycles. The average molecular weight is 319 g/mol. The molecule has 0 radical (unpaired) electrons. The zero-order chi connectivity index (χ0) is 13.8. The highest BCUT2D eigenvalue weighted by molar-refractivity contribution is 7.07. The standard InChI is InChI=1S/C13H13Cl2FN2S/c1-8(17-5-4-9-6-19-7-18-9)12-10(14)2-3-11(16)13(12)15/h2-3,6-8,17H,4-5H2,1H3. The summed E-state index contributed by atoms with van der Waals surface area (Å²) >= 11 is 13.6. The van der Waals surface area contributed by atoms with Crippen molar-refractivity contribution in [3.63, 3.8) is 0 Å². The van der Waals surface area contributed by atoms with Crippen LogP contribution in [0.1, 0.15) is 24.2 Å². The van der Waals surface area contributed by atoms with Crippen molar-refractivity contribution >= 4 is 34.5 Å². The van der Waals surface area contributed by atoms with Crippen LogP contribution in [-0.4, -0.2) is 11.5 Å². The van der Waals surface area contributed by atoms with Gasteiger partial charge in [0.05, 0.1) is 16.2 Å². The number of rotatable bonds is 5. The minimum absolute atomic E-state index is 0.0844. The van der Waals surface area contributed by atoms with Gasteiger partial charge < -0.3 is 5.32 Å². The van der Waals surface area contributed by atoms with Gasteiger partial charge in [0.25, 0.3) is 0 Å². The van der Waals surface area contributed by atoms with Gasteiger partial charge in [0, 0.05) is 35.0 Å². The molecule has 1 aromatic heterocycles. The second kappa shape index (κ2) is 6.66. The van der Waals surface area contributed by atoms with Crippen LogP contribution in [0, 0.1) is 5.82 Å². The summed E-state index contributed by atoms with van der Waals surface area (Å²) in [7, 11) is 0. The first-order chi connectivity index (χ1) is 9.09. The van der Waals surface area contributed by atoms with E-state index in [9.17, 15) is 4.39 Å². The fraction of sp³-hybridized carbons (Fsp3) is 0.308. The lowest BCUT2D eigenvalue weighted by Crippen LogP contribution is -2.22. The Bertz CT molecular complexity index is 546. The molecule has 1 heterocycles. The summed E-state index contributed by atoms with van der Waals surface area (Å²) in [5, 5.41) is 5.84. The minimum Gasteiger partial charge on any atom is -0.310 e. The zero-order valence-corrected chi connectivity index (χ0v) is 12.6. The number of hydrogen-bond acceptors (Lipinski definition) is 3. The van der Waals surface area contributed by atoms with Gasteiger partial charge in [-0.05, 0) is 19.1 Å². The number of nitrogens with one attached hydrogen (secondary N) is 1. The van der Waals surface area contributed by atoms with Gasteiger partial charge in [-0.1, -0.05) is 23.2 Å². The Balaban J connectivity index is 2.00. The predicted octanol–water partition coefficient (Wildman–Crippen LogP) is 4.48. The fourth-order valence-electron chi connectivity index (χ4n) is 1.82. The van der Waals surface area contributed by atoms with Crippen molar-refractivity contribution in [3.05, 3.63) is 50.1 Å². The van der Waals surface area contributed by atoms with E-state index in [-0.39, 0.29) is 11.1 Å². The van der Waals surface area contributed by atoms with Crippen LogP contribution < -0.4 is 5.32 Å². The SMILES string of the molecule is CC(NCCc1cscn1)c1c(Cl)ccc(F)c1Cl. The van der Waals surface area contributed by atoms with E-state index in [1.807, 2.05) is 12.3 Å². The number of benzene rings is 1. The lowest BCUT2D eigenvalue weighted by molar-refractivity contribution is 0.566. The first-order valence-electron chi connectivity index (χ1n) is 5.83. The van der Waals surface area contributed by atoms with Crippen molar-refractivity contribution in [2.75, 3.05) is 6.54 Å². The fourth-order valence-corrected chi connectivity index (χ4v) is 3.11.